The molecule has 2 fully saturated rings. The minimum absolute atomic E-state index is 0.144. The van der Waals surface area contributed by atoms with Gasteiger partial charge in [-0.05, 0) is 38.3 Å². The Labute approximate surface area is 182 Å². The number of aromatic nitrogens is 1. The lowest BCUT2D eigenvalue weighted by molar-refractivity contribution is -0.0298. The second-order valence-corrected chi connectivity index (χ2v) is 8.98. The largest absolute Gasteiger partial charge is 0.393 e. The third kappa shape index (κ3) is 4.89. The first-order valence-electron chi connectivity index (χ1n) is 11.0. The van der Waals surface area contributed by atoms with Crippen LogP contribution in [-0.2, 0) is 6.54 Å². The van der Waals surface area contributed by atoms with Crippen molar-refractivity contribution in [1.29, 1.82) is 0 Å². The summed E-state index contributed by atoms with van der Waals surface area (Å²) < 4.78 is 1.49. The molecular formula is C24H31N3O4. The highest BCUT2D eigenvalue weighted by Gasteiger charge is 2.33. The highest BCUT2D eigenvalue weighted by Crippen LogP contribution is 2.27. The van der Waals surface area contributed by atoms with Crippen molar-refractivity contribution >= 4 is 5.91 Å². The van der Waals surface area contributed by atoms with Crippen LogP contribution < -0.4 is 5.56 Å². The average Bonchev–Trinajstić information content (AvgIpc) is 2.78. The number of pyridine rings is 1. The van der Waals surface area contributed by atoms with E-state index in [9.17, 15) is 19.8 Å². The van der Waals surface area contributed by atoms with Gasteiger partial charge >= 0.3 is 0 Å². The zero-order valence-electron chi connectivity index (χ0n) is 18.0. The van der Waals surface area contributed by atoms with E-state index in [0.29, 0.717) is 49.9 Å². The Morgan fingerprint density at radius 3 is 2.39 bits per heavy atom. The van der Waals surface area contributed by atoms with E-state index in [1.54, 1.807) is 11.1 Å². The zero-order valence-corrected chi connectivity index (χ0v) is 18.0. The summed E-state index contributed by atoms with van der Waals surface area (Å²) in [5, 5.41) is 20.9. The quantitative estimate of drug-likeness (QED) is 0.777. The summed E-state index contributed by atoms with van der Waals surface area (Å²) in [7, 11) is 2.02. The van der Waals surface area contributed by atoms with E-state index >= 15 is 0 Å². The predicted molar refractivity (Wildman–Crippen MR) is 119 cm³/mol. The van der Waals surface area contributed by atoms with E-state index in [-0.39, 0.29) is 24.1 Å². The molecule has 1 amide bonds. The van der Waals surface area contributed by atoms with Crippen LogP contribution >= 0.6 is 0 Å². The minimum atomic E-state index is -0.958. The van der Waals surface area contributed by atoms with Gasteiger partial charge in [-0.15, -0.1) is 0 Å². The molecule has 2 aliphatic heterocycles. The SMILES string of the molecule is CN1CCC(O)(Cn2cc(C(=O)N3CCC(O)CC3)c(-c3ccccc3)cc2=O)CC1. The van der Waals surface area contributed by atoms with Crippen LogP contribution in [0.1, 0.15) is 36.0 Å². The van der Waals surface area contributed by atoms with Gasteiger partial charge in [0.25, 0.3) is 11.5 Å². The summed E-state index contributed by atoms with van der Waals surface area (Å²) in [6, 6.07) is 11.0. The molecule has 31 heavy (non-hydrogen) atoms. The van der Waals surface area contributed by atoms with Gasteiger partial charge in [-0.25, -0.2) is 0 Å². The number of aliphatic hydroxyl groups is 2. The molecule has 166 valence electrons. The lowest BCUT2D eigenvalue weighted by Gasteiger charge is -2.37. The molecule has 4 rings (SSSR count). The molecule has 1 aromatic carbocycles. The number of hydrogen-bond acceptors (Lipinski definition) is 5. The summed E-state index contributed by atoms with van der Waals surface area (Å²) in [5.74, 6) is -0.144. The third-order valence-electron chi connectivity index (χ3n) is 6.58. The van der Waals surface area contributed by atoms with E-state index in [4.69, 9.17) is 0 Å². The summed E-state index contributed by atoms with van der Waals surface area (Å²) in [4.78, 5) is 30.3. The molecule has 7 heteroatoms. The van der Waals surface area contributed by atoms with Crippen LogP contribution in [-0.4, -0.2) is 75.4 Å². The number of amides is 1. The van der Waals surface area contributed by atoms with Gasteiger partial charge < -0.3 is 24.6 Å². The van der Waals surface area contributed by atoms with Gasteiger partial charge in [0, 0.05) is 44.0 Å². The van der Waals surface area contributed by atoms with Crippen molar-refractivity contribution in [2.75, 3.05) is 33.2 Å². The molecule has 2 saturated heterocycles. The number of hydrogen-bond donors (Lipinski definition) is 2. The molecule has 0 saturated carbocycles. The number of likely N-dealkylation sites (tertiary alicyclic amines) is 2. The standard InChI is InChI=1S/C24H31N3O4/c1-25-13-9-24(31,10-14-25)17-27-16-21(23(30)26-11-7-19(28)8-12-26)20(15-22(27)29)18-5-3-2-4-6-18/h2-6,15-16,19,28,31H,7-14,17H2,1H3. The molecule has 0 spiro atoms. The first-order chi connectivity index (χ1) is 14.8. The first-order valence-corrected chi connectivity index (χ1v) is 11.0. The molecule has 0 bridgehead atoms. The van der Waals surface area contributed by atoms with E-state index in [1.807, 2.05) is 37.4 Å². The van der Waals surface area contributed by atoms with Gasteiger partial charge in [0.1, 0.15) is 0 Å². The highest BCUT2D eigenvalue weighted by molar-refractivity contribution is 6.00. The van der Waals surface area contributed by atoms with Crippen molar-refractivity contribution in [3.63, 3.8) is 0 Å². The van der Waals surface area contributed by atoms with Crippen LogP contribution in [0, 0.1) is 0 Å². The van der Waals surface area contributed by atoms with Gasteiger partial charge in [0.15, 0.2) is 0 Å². The number of carbonyl (C=O) groups excluding carboxylic acids is 1. The third-order valence-corrected chi connectivity index (χ3v) is 6.58. The van der Waals surface area contributed by atoms with Crippen molar-refractivity contribution in [2.45, 2.75) is 43.9 Å². The van der Waals surface area contributed by atoms with Crippen molar-refractivity contribution in [3.8, 4) is 11.1 Å². The molecule has 2 aliphatic rings. The van der Waals surface area contributed by atoms with Crippen LogP contribution in [0.2, 0.25) is 0 Å². The Kier molecular flexibility index (Phi) is 6.27. The Morgan fingerprint density at radius 2 is 1.74 bits per heavy atom. The maximum Gasteiger partial charge on any atom is 0.255 e. The van der Waals surface area contributed by atoms with Gasteiger partial charge in [0.05, 0.1) is 23.8 Å². The monoisotopic (exact) mass is 425 g/mol. The maximum atomic E-state index is 13.4. The Hall–Kier alpha value is -2.48. The molecule has 3 heterocycles. The van der Waals surface area contributed by atoms with Crippen molar-refractivity contribution in [1.82, 2.24) is 14.4 Å². The summed E-state index contributed by atoms with van der Waals surface area (Å²) in [6.45, 7) is 2.70. The first kappa shape index (κ1) is 21.7. The minimum Gasteiger partial charge on any atom is -0.393 e. The Balaban J connectivity index is 1.70. The van der Waals surface area contributed by atoms with Gasteiger partial charge in [0.2, 0.25) is 0 Å². The topological polar surface area (TPSA) is 86.0 Å². The normalized spacial score (nSPS) is 20.0. The van der Waals surface area contributed by atoms with Crippen LogP contribution in [0.25, 0.3) is 11.1 Å². The zero-order chi connectivity index (χ0) is 22.0. The van der Waals surface area contributed by atoms with E-state index < -0.39 is 5.60 Å². The second kappa shape index (κ2) is 8.94. The van der Waals surface area contributed by atoms with Gasteiger partial charge in [-0.3, -0.25) is 9.59 Å². The van der Waals surface area contributed by atoms with Gasteiger partial charge in [-0.1, -0.05) is 30.3 Å². The molecule has 0 aliphatic carbocycles. The second-order valence-electron chi connectivity index (χ2n) is 8.98. The lowest BCUT2D eigenvalue weighted by atomic mass is 9.91. The molecule has 2 aromatic rings. The molecule has 2 N–H and O–H groups in total. The van der Waals surface area contributed by atoms with Crippen LogP contribution in [0.4, 0.5) is 0 Å². The molecule has 0 atom stereocenters. The average molecular weight is 426 g/mol. The number of carbonyl (C=O) groups is 1. The smallest absolute Gasteiger partial charge is 0.255 e. The number of benzene rings is 1. The van der Waals surface area contributed by atoms with Crippen molar-refractivity contribution < 1.29 is 15.0 Å². The Morgan fingerprint density at radius 1 is 1.10 bits per heavy atom. The van der Waals surface area contributed by atoms with Crippen molar-refractivity contribution in [3.05, 3.63) is 58.5 Å². The highest BCUT2D eigenvalue weighted by atomic mass is 16.3. The lowest BCUT2D eigenvalue weighted by Crippen LogP contribution is -2.47. The molecular weight excluding hydrogens is 394 g/mol. The Bertz CT molecular complexity index is 972. The van der Waals surface area contributed by atoms with Crippen molar-refractivity contribution in [2.24, 2.45) is 0 Å². The summed E-state index contributed by atoms with van der Waals surface area (Å²) in [5.41, 5.74) is 0.689. The molecule has 0 unspecified atom stereocenters. The van der Waals surface area contributed by atoms with Crippen LogP contribution in [0.5, 0.6) is 0 Å². The van der Waals surface area contributed by atoms with Crippen LogP contribution in [0.15, 0.2) is 47.4 Å². The number of rotatable bonds is 4. The molecule has 1 aromatic heterocycles. The maximum absolute atomic E-state index is 13.4. The van der Waals surface area contributed by atoms with Gasteiger partial charge in [-0.2, -0.15) is 0 Å². The fourth-order valence-corrected chi connectivity index (χ4v) is 4.47. The van der Waals surface area contributed by atoms with E-state index in [1.165, 1.54) is 10.6 Å². The fraction of sp³-hybridized carbons (Fsp3) is 0.500. The van der Waals surface area contributed by atoms with E-state index in [0.717, 1.165) is 18.7 Å². The molecule has 0 radical (unpaired) electrons. The number of piperidine rings is 2. The summed E-state index contributed by atoms with van der Waals surface area (Å²) in [6.07, 6.45) is 3.53. The summed E-state index contributed by atoms with van der Waals surface area (Å²) >= 11 is 0. The molecule has 7 nitrogen and oxygen atoms in total. The van der Waals surface area contributed by atoms with E-state index in [2.05, 4.69) is 4.90 Å². The predicted octanol–water partition coefficient (Wildman–Crippen LogP) is 1.57. The number of aliphatic hydroxyl groups excluding tert-OH is 1. The van der Waals surface area contributed by atoms with Crippen LogP contribution in [0.3, 0.4) is 0 Å². The fourth-order valence-electron chi connectivity index (χ4n) is 4.47. The number of nitrogens with zero attached hydrogens (tertiary/aromatic N) is 3.